The first kappa shape index (κ1) is 12.6. The normalized spacial score (nSPS) is 27.6. The molecule has 2 aliphatic rings. The summed E-state index contributed by atoms with van der Waals surface area (Å²) in [6.07, 6.45) is 5.97. The number of hydrogen-bond donors (Lipinski definition) is 1. The van der Waals surface area contributed by atoms with Gasteiger partial charge in [-0.1, -0.05) is 6.42 Å². The molecule has 2 N–H and O–H groups in total. The summed E-state index contributed by atoms with van der Waals surface area (Å²) >= 11 is 0. The minimum absolute atomic E-state index is 0.00490. The molecule has 2 aliphatic heterocycles. The summed E-state index contributed by atoms with van der Waals surface area (Å²) in [5, 5.41) is 1.34. The number of hydrogen-bond acceptors (Lipinski definition) is 3. The molecule has 0 aromatic carbocycles. The molecule has 2 saturated heterocycles. The van der Waals surface area contributed by atoms with E-state index in [0.717, 1.165) is 25.9 Å². The maximum atomic E-state index is 11.8. The summed E-state index contributed by atoms with van der Waals surface area (Å²) in [6.45, 7) is 3.60. The summed E-state index contributed by atoms with van der Waals surface area (Å²) in [5.74, 6) is 5.64. The first-order chi connectivity index (χ1) is 8.18. The Morgan fingerprint density at radius 3 is 2.82 bits per heavy atom. The second kappa shape index (κ2) is 5.69. The van der Waals surface area contributed by atoms with Gasteiger partial charge in [-0.2, -0.15) is 0 Å². The van der Waals surface area contributed by atoms with E-state index in [1.165, 1.54) is 30.8 Å². The molecular weight excluding hydrogens is 216 g/mol. The molecule has 0 spiro atoms. The van der Waals surface area contributed by atoms with Gasteiger partial charge < -0.3 is 9.80 Å². The predicted molar refractivity (Wildman–Crippen MR) is 67.4 cm³/mol. The van der Waals surface area contributed by atoms with Gasteiger partial charge in [0.1, 0.15) is 0 Å². The van der Waals surface area contributed by atoms with E-state index in [1.54, 1.807) is 0 Å². The zero-order valence-electron chi connectivity index (χ0n) is 10.8. The van der Waals surface area contributed by atoms with E-state index in [1.807, 2.05) is 4.90 Å². The monoisotopic (exact) mass is 240 g/mol. The van der Waals surface area contributed by atoms with Crippen molar-refractivity contribution in [1.82, 2.24) is 14.8 Å². The molecule has 1 atom stereocenters. The van der Waals surface area contributed by atoms with Crippen molar-refractivity contribution < 1.29 is 4.79 Å². The molecule has 1 unspecified atom stereocenters. The standard InChI is InChI=1S/C12H24N4O/c1-14-7-3-2-5-11(14)6-10-15-8-4-9-16(13)12(15)17/h11H,2-10,13H2,1H3. The van der Waals surface area contributed by atoms with Gasteiger partial charge in [-0.05, 0) is 39.3 Å². The first-order valence-corrected chi connectivity index (χ1v) is 6.70. The van der Waals surface area contributed by atoms with Crippen LogP contribution >= 0.6 is 0 Å². The lowest BCUT2D eigenvalue weighted by Gasteiger charge is -2.36. The van der Waals surface area contributed by atoms with Crippen molar-refractivity contribution in [3.05, 3.63) is 0 Å². The highest BCUT2D eigenvalue weighted by atomic mass is 16.2. The summed E-state index contributed by atoms with van der Waals surface area (Å²) in [5.41, 5.74) is 0. The highest BCUT2D eigenvalue weighted by molar-refractivity contribution is 5.74. The van der Waals surface area contributed by atoms with E-state index >= 15 is 0 Å². The average molecular weight is 240 g/mol. The van der Waals surface area contributed by atoms with E-state index in [0.29, 0.717) is 12.6 Å². The number of carbonyl (C=O) groups excluding carboxylic acids is 1. The summed E-state index contributed by atoms with van der Waals surface area (Å²) in [6, 6.07) is 0.638. The maximum Gasteiger partial charge on any atom is 0.334 e. The van der Waals surface area contributed by atoms with E-state index in [4.69, 9.17) is 5.84 Å². The fourth-order valence-electron chi connectivity index (χ4n) is 2.83. The largest absolute Gasteiger partial charge is 0.334 e. The fraction of sp³-hybridized carbons (Fsp3) is 0.917. The van der Waals surface area contributed by atoms with Crippen LogP contribution < -0.4 is 5.84 Å². The van der Waals surface area contributed by atoms with Crippen LogP contribution in [0.4, 0.5) is 4.79 Å². The highest BCUT2D eigenvalue weighted by Crippen LogP contribution is 2.18. The van der Waals surface area contributed by atoms with Crippen molar-refractivity contribution in [2.45, 2.75) is 38.1 Å². The first-order valence-electron chi connectivity index (χ1n) is 6.70. The third-order valence-corrected chi connectivity index (χ3v) is 4.00. The van der Waals surface area contributed by atoms with Gasteiger partial charge >= 0.3 is 6.03 Å². The predicted octanol–water partition coefficient (Wildman–Crippen LogP) is 0.862. The Labute approximate surface area is 103 Å². The number of carbonyl (C=O) groups is 1. The van der Waals surface area contributed by atoms with Crippen LogP contribution in [0, 0.1) is 0 Å². The molecule has 0 radical (unpaired) electrons. The lowest BCUT2D eigenvalue weighted by atomic mass is 10.00. The average Bonchev–Trinajstić information content (AvgIpc) is 2.33. The van der Waals surface area contributed by atoms with Crippen LogP contribution in [0.3, 0.4) is 0 Å². The molecule has 0 saturated carbocycles. The number of likely N-dealkylation sites (tertiary alicyclic amines) is 1. The Bertz CT molecular complexity index is 271. The van der Waals surface area contributed by atoms with Crippen LogP contribution in [0.2, 0.25) is 0 Å². The fourth-order valence-corrected chi connectivity index (χ4v) is 2.83. The van der Waals surface area contributed by atoms with Crippen molar-refractivity contribution in [1.29, 1.82) is 0 Å². The van der Waals surface area contributed by atoms with Gasteiger partial charge in [0.25, 0.3) is 0 Å². The minimum Gasteiger partial charge on any atom is -0.323 e. The quantitative estimate of drug-likeness (QED) is 0.588. The number of nitrogens with zero attached hydrogens (tertiary/aromatic N) is 3. The van der Waals surface area contributed by atoms with Crippen LogP contribution in [-0.2, 0) is 0 Å². The van der Waals surface area contributed by atoms with Gasteiger partial charge in [0.15, 0.2) is 0 Å². The number of nitrogens with two attached hydrogens (primary N) is 1. The molecule has 2 fully saturated rings. The zero-order chi connectivity index (χ0) is 12.3. The summed E-state index contributed by atoms with van der Waals surface area (Å²) < 4.78 is 0. The zero-order valence-corrected chi connectivity index (χ0v) is 10.8. The molecule has 0 aliphatic carbocycles. The van der Waals surface area contributed by atoms with Crippen LogP contribution in [-0.4, -0.2) is 60.1 Å². The second-order valence-electron chi connectivity index (χ2n) is 5.24. The van der Waals surface area contributed by atoms with Crippen molar-refractivity contribution in [2.75, 3.05) is 33.2 Å². The molecule has 2 heterocycles. The molecule has 5 heteroatoms. The highest BCUT2D eigenvalue weighted by Gasteiger charge is 2.25. The van der Waals surface area contributed by atoms with Crippen LogP contribution in [0.1, 0.15) is 32.1 Å². The minimum atomic E-state index is -0.00490. The van der Waals surface area contributed by atoms with Gasteiger partial charge in [-0.15, -0.1) is 0 Å². The smallest absolute Gasteiger partial charge is 0.323 e. The molecule has 0 aromatic heterocycles. The Morgan fingerprint density at radius 2 is 2.06 bits per heavy atom. The second-order valence-corrected chi connectivity index (χ2v) is 5.24. The Kier molecular flexibility index (Phi) is 4.23. The van der Waals surface area contributed by atoms with E-state index in [2.05, 4.69) is 11.9 Å². The van der Waals surface area contributed by atoms with Gasteiger partial charge in [0.2, 0.25) is 0 Å². The third-order valence-electron chi connectivity index (χ3n) is 4.00. The van der Waals surface area contributed by atoms with Crippen LogP contribution in [0.25, 0.3) is 0 Å². The maximum absolute atomic E-state index is 11.8. The van der Waals surface area contributed by atoms with Crippen molar-refractivity contribution >= 4 is 6.03 Å². The summed E-state index contributed by atoms with van der Waals surface area (Å²) in [7, 11) is 2.19. The van der Waals surface area contributed by atoms with Crippen molar-refractivity contribution in [3.63, 3.8) is 0 Å². The Balaban J connectivity index is 1.78. The van der Waals surface area contributed by atoms with E-state index in [9.17, 15) is 4.79 Å². The number of urea groups is 1. The molecule has 2 amide bonds. The topological polar surface area (TPSA) is 52.8 Å². The number of rotatable bonds is 3. The number of piperidine rings is 1. The Hall–Kier alpha value is -0.810. The van der Waals surface area contributed by atoms with Crippen molar-refractivity contribution in [3.8, 4) is 0 Å². The van der Waals surface area contributed by atoms with E-state index < -0.39 is 0 Å². The van der Waals surface area contributed by atoms with Crippen molar-refractivity contribution in [2.24, 2.45) is 5.84 Å². The lowest BCUT2D eigenvalue weighted by molar-refractivity contribution is 0.115. The molecule has 17 heavy (non-hydrogen) atoms. The third kappa shape index (κ3) is 3.10. The SMILES string of the molecule is CN1CCCCC1CCN1CCCN(N)C1=O. The van der Waals surface area contributed by atoms with Gasteiger partial charge in [-0.25, -0.2) is 10.6 Å². The molecule has 0 bridgehead atoms. The summed E-state index contributed by atoms with van der Waals surface area (Å²) in [4.78, 5) is 16.1. The molecular formula is C12H24N4O. The van der Waals surface area contributed by atoms with Gasteiger partial charge in [0, 0.05) is 25.7 Å². The molecule has 5 nitrogen and oxygen atoms in total. The van der Waals surface area contributed by atoms with Gasteiger partial charge in [0.05, 0.1) is 0 Å². The molecule has 2 rings (SSSR count). The number of amides is 2. The Morgan fingerprint density at radius 1 is 1.24 bits per heavy atom. The molecule has 0 aromatic rings. The lowest BCUT2D eigenvalue weighted by Crippen LogP contribution is -2.53. The van der Waals surface area contributed by atoms with E-state index in [-0.39, 0.29) is 6.03 Å². The molecule has 98 valence electrons. The number of hydrazine groups is 1. The van der Waals surface area contributed by atoms with Crippen LogP contribution in [0.15, 0.2) is 0 Å². The van der Waals surface area contributed by atoms with Gasteiger partial charge in [-0.3, -0.25) is 5.01 Å². The van der Waals surface area contributed by atoms with Crippen LogP contribution in [0.5, 0.6) is 0 Å².